The van der Waals surface area contributed by atoms with E-state index < -0.39 is 12.0 Å². The molecule has 2 rings (SSSR count). The number of nitrogens with one attached hydrogen (secondary N) is 1. The molecule has 0 amide bonds. The van der Waals surface area contributed by atoms with E-state index in [-0.39, 0.29) is 17.6 Å². The first-order chi connectivity index (χ1) is 8.96. The van der Waals surface area contributed by atoms with Gasteiger partial charge in [0.1, 0.15) is 6.04 Å². The smallest absolute Gasteiger partial charge is 0.325 e. The second-order valence-corrected chi connectivity index (χ2v) is 5.68. The Morgan fingerprint density at radius 3 is 2.53 bits per heavy atom. The third-order valence-corrected chi connectivity index (χ3v) is 4.21. The van der Waals surface area contributed by atoms with Gasteiger partial charge in [0.25, 0.3) is 0 Å². The van der Waals surface area contributed by atoms with E-state index in [0.29, 0.717) is 0 Å². The summed E-state index contributed by atoms with van der Waals surface area (Å²) < 4.78 is 5.39. The molecule has 0 saturated heterocycles. The molecule has 0 aromatic heterocycles. The van der Waals surface area contributed by atoms with Gasteiger partial charge >= 0.3 is 5.97 Å². The van der Waals surface area contributed by atoms with Crippen LogP contribution >= 0.6 is 0 Å². The van der Waals surface area contributed by atoms with Crippen LogP contribution in [-0.4, -0.2) is 30.3 Å². The number of hydrogen-bond donors (Lipinski definition) is 2. The fraction of sp³-hybridized carbons (Fsp3) is 0.533. The molecule has 1 aromatic rings. The maximum Gasteiger partial charge on any atom is 0.325 e. The van der Waals surface area contributed by atoms with E-state index in [1.54, 1.807) is 7.11 Å². The normalized spacial score (nSPS) is 26.5. The summed E-state index contributed by atoms with van der Waals surface area (Å²) in [5.74, 6) is -0.845. The first kappa shape index (κ1) is 14.0. The fourth-order valence-corrected chi connectivity index (χ4v) is 2.73. The highest BCUT2D eigenvalue weighted by Crippen LogP contribution is 2.43. The summed E-state index contributed by atoms with van der Waals surface area (Å²) in [5, 5.41) is 12.6. The summed E-state index contributed by atoms with van der Waals surface area (Å²) in [6.07, 6.45) is 1.04. The highest BCUT2D eigenvalue weighted by atomic mass is 16.5. The average molecular weight is 263 g/mol. The molecule has 1 aromatic carbocycles. The van der Waals surface area contributed by atoms with Crippen LogP contribution in [0.3, 0.4) is 0 Å². The summed E-state index contributed by atoms with van der Waals surface area (Å²) in [6.45, 7) is 4.21. The standard InChI is InChI=1S/C15H21NO3/c1-15(2)11(9-12(15)19-3)16-13(14(17)18)10-7-5-4-6-8-10/h4-8,11-13,16H,9H2,1-3H3,(H,17,18). The minimum Gasteiger partial charge on any atom is -0.480 e. The number of carboxylic acid groups (broad SMARTS) is 1. The molecule has 1 saturated carbocycles. The van der Waals surface area contributed by atoms with Crippen molar-refractivity contribution in [2.24, 2.45) is 5.41 Å². The molecule has 19 heavy (non-hydrogen) atoms. The second-order valence-electron chi connectivity index (χ2n) is 5.68. The van der Waals surface area contributed by atoms with Crippen molar-refractivity contribution in [2.75, 3.05) is 7.11 Å². The van der Waals surface area contributed by atoms with Crippen molar-refractivity contribution in [2.45, 2.75) is 38.5 Å². The average Bonchev–Trinajstić information content (AvgIpc) is 2.38. The number of aliphatic carboxylic acids is 1. The van der Waals surface area contributed by atoms with E-state index >= 15 is 0 Å². The van der Waals surface area contributed by atoms with Crippen molar-refractivity contribution in [1.29, 1.82) is 0 Å². The van der Waals surface area contributed by atoms with Crippen LogP contribution in [0.15, 0.2) is 30.3 Å². The molecule has 0 heterocycles. The van der Waals surface area contributed by atoms with E-state index in [2.05, 4.69) is 19.2 Å². The van der Waals surface area contributed by atoms with E-state index in [4.69, 9.17) is 4.74 Å². The van der Waals surface area contributed by atoms with Crippen LogP contribution in [0.25, 0.3) is 0 Å². The molecule has 0 spiro atoms. The molecule has 1 aliphatic carbocycles. The van der Waals surface area contributed by atoms with Crippen molar-refractivity contribution in [1.82, 2.24) is 5.32 Å². The van der Waals surface area contributed by atoms with Crippen LogP contribution in [0.2, 0.25) is 0 Å². The van der Waals surface area contributed by atoms with E-state index in [1.165, 1.54) is 0 Å². The lowest BCUT2D eigenvalue weighted by Crippen LogP contribution is -2.61. The lowest BCUT2D eigenvalue weighted by atomic mass is 9.64. The van der Waals surface area contributed by atoms with Crippen LogP contribution in [0.1, 0.15) is 31.9 Å². The molecular weight excluding hydrogens is 242 g/mol. The lowest BCUT2D eigenvalue weighted by molar-refractivity contribution is -0.143. The molecule has 4 heteroatoms. The van der Waals surface area contributed by atoms with Gasteiger partial charge in [-0.1, -0.05) is 44.2 Å². The van der Waals surface area contributed by atoms with E-state index in [9.17, 15) is 9.90 Å². The molecule has 0 bridgehead atoms. The number of benzene rings is 1. The Labute approximate surface area is 113 Å². The summed E-state index contributed by atoms with van der Waals surface area (Å²) in [4.78, 5) is 11.4. The fourth-order valence-electron chi connectivity index (χ4n) is 2.73. The van der Waals surface area contributed by atoms with Gasteiger partial charge < -0.3 is 9.84 Å². The minimum absolute atomic E-state index is 0.0444. The first-order valence-corrected chi connectivity index (χ1v) is 6.53. The molecule has 3 atom stereocenters. The number of carboxylic acids is 1. The maximum absolute atomic E-state index is 11.4. The molecule has 1 fully saturated rings. The quantitative estimate of drug-likeness (QED) is 0.855. The zero-order valence-electron chi connectivity index (χ0n) is 11.6. The molecular formula is C15H21NO3. The van der Waals surface area contributed by atoms with Gasteiger partial charge in [0.2, 0.25) is 0 Å². The van der Waals surface area contributed by atoms with Crippen LogP contribution in [0, 0.1) is 5.41 Å². The van der Waals surface area contributed by atoms with Crippen molar-refractivity contribution in [3.8, 4) is 0 Å². The minimum atomic E-state index is -0.845. The van der Waals surface area contributed by atoms with Crippen molar-refractivity contribution >= 4 is 5.97 Å². The Balaban J connectivity index is 2.10. The van der Waals surface area contributed by atoms with Gasteiger partial charge in [-0.05, 0) is 12.0 Å². The Kier molecular flexibility index (Phi) is 3.92. The van der Waals surface area contributed by atoms with Crippen molar-refractivity contribution < 1.29 is 14.6 Å². The number of carbonyl (C=O) groups is 1. The van der Waals surface area contributed by atoms with Crippen molar-refractivity contribution in [3.05, 3.63) is 35.9 Å². The highest BCUT2D eigenvalue weighted by Gasteiger charge is 2.49. The lowest BCUT2D eigenvalue weighted by Gasteiger charge is -2.52. The molecule has 0 aliphatic heterocycles. The molecule has 1 aliphatic rings. The predicted octanol–water partition coefficient (Wildman–Crippen LogP) is 2.22. The molecule has 0 radical (unpaired) electrons. The number of methoxy groups -OCH3 is 1. The van der Waals surface area contributed by atoms with Crippen LogP contribution in [0.5, 0.6) is 0 Å². The monoisotopic (exact) mass is 263 g/mol. The largest absolute Gasteiger partial charge is 0.480 e. The Hall–Kier alpha value is -1.39. The highest BCUT2D eigenvalue weighted by molar-refractivity contribution is 5.75. The second kappa shape index (κ2) is 5.31. The summed E-state index contributed by atoms with van der Waals surface area (Å²) in [7, 11) is 1.70. The molecule has 104 valence electrons. The van der Waals surface area contributed by atoms with Gasteiger partial charge in [-0.3, -0.25) is 10.1 Å². The number of hydrogen-bond acceptors (Lipinski definition) is 3. The predicted molar refractivity (Wildman–Crippen MR) is 72.9 cm³/mol. The number of ether oxygens (including phenoxy) is 1. The van der Waals surface area contributed by atoms with Gasteiger partial charge in [-0.15, -0.1) is 0 Å². The zero-order valence-corrected chi connectivity index (χ0v) is 11.6. The van der Waals surface area contributed by atoms with Gasteiger partial charge in [0.05, 0.1) is 6.10 Å². The molecule has 3 unspecified atom stereocenters. The Bertz CT molecular complexity index is 444. The van der Waals surface area contributed by atoms with Crippen LogP contribution < -0.4 is 5.32 Å². The van der Waals surface area contributed by atoms with Gasteiger partial charge in [0, 0.05) is 18.6 Å². The van der Waals surface area contributed by atoms with E-state index in [0.717, 1.165) is 12.0 Å². The summed E-state index contributed by atoms with van der Waals surface area (Å²) in [5.41, 5.74) is 0.740. The van der Waals surface area contributed by atoms with Crippen molar-refractivity contribution in [3.63, 3.8) is 0 Å². The molecule has 2 N–H and O–H groups in total. The number of rotatable bonds is 5. The summed E-state index contributed by atoms with van der Waals surface area (Å²) in [6, 6.07) is 8.77. The third kappa shape index (κ3) is 2.65. The van der Waals surface area contributed by atoms with E-state index in [1.807, 2.05) is 30.3 Å². The third-order valence-electron chi connectivity index (χ3n) is 4.21. The topological polar surface area (TPSA) is 58.6 Å². The van der Waals surface area contributed by atoms with Crippen LogP contribution in [-0.2, 0) is 9.53 Å². The Morgan fingerprint density at radius 1 is 1.42 bits per heavy atom. The molecule has 4 nitrogen and oxygen atoms in total. The van der Waals surface area contributed by atoms with Gasteiger partial charge in [0.15, 0.2) is 0 Å². The maximum atomic E-state index is 11.4. The van der Waals surface area contributed by atoms with Crippen LogP contribution in [0.4, 0.5) is 0 Å². The SMILES string of the molecule is COC1CC(NC(C(=O)O)c2ccccc2)C1(C)C. The van der Waals surface area contributed by atoms with Gasteiger partial charge in [-0.2, -0.15) is 0 Å². The first-order valence-electron chi connectivity index (χ1n) is 6.53. The van der Waals surface area contributed by atoms with Gasteiger partial charge in [-0.25, -0.2) is 0 Å². The Morgan fingerprint density at radius 2 is 2.05 bits per heavy atom. The summed E-state index contributed by atoms with van der Waals surface area (Å²) >= 11 is 0. The zero-order chi connectivity index (χ0) is 14.0.